The maximum atomic E-state index is 4.76. The lowest BCUT2D eigenvalue weighted by Crippen LogP contribution is -2.43. The van der Waals surface area contributed by atoms with Crippen LogP contribution in [0.2, 0.25) is 16.6 Å². The maximum Gasteiger partial charge on any atom is 0.146 e. The van der Waals surface area contributed by atoms with Crippen LogP contribution in [-0.2, 0) is 6.42 Å². The third kappa shape index (κ3) is 4.25. The number of rotatable bonds is 5. The van der Waals surface area contributed by atoms with Crippen LogP contribution in [0.1, 0.15) is 64.3 Å². The van der Waals surface area contributed by atoms with E-state index in [1.54, 1.807) is 0 Å². The molecule has 0 radical (unpaired) electrons. The Labute approximate surface area is 201 Å². The van der Waals surface area contributed by atoms with Crippen molar-refractivity contribution in [2.75, 3.05) is 4.90 Å². The average Bonchev–Trinajstić information content (AvgIpc) is 3.20. The number of aromatic nitrogens is 1. The molecule has 1 aromatic heterocycles. The van der Waals surface area contributed by atoms with E-state index in [0.717, 1.165) is 17.8 Å². The zero-order valence-corrected chi connectivity index (χ0v) is 21.8. The maximum absolute atomic E-state index is 4.76. The Bertz CT molecular complexity index is 1120. The van der Waals surface area contributed by atoms with Gasteiger partial charge in [0.1, 0.15) is 13.9 Å². The Morgan fingerprint density at radius 3 is 2.09 bits per heavy atom. The fourth-order valence-corrected chi connectivity index (χ4v) is 11.1. The van der Waals surface area contributed by atoms with Gasteiger partial charge >= 0.3 is 0 Å². The molecule has 0 N–H and O–H groups in total. The number of nitrogens with zero attached hydrogens (tertiary/aromatic N) is 2. The second-order valence-corrected chi connectivity index (χ2v) is 15.7. The summed E-state index contributed by atoms with van der Waals surface area (Å²) in [6.45, 7) is 14.3. The van der Waals surface area contributed by atoms with E-state index in [2.05, 4.69) is 119 Å². The standard InChI is InChI=1S/C30H36N2Si/c1-22(2)33(23(3)4,24(5)6)20-18-26-15-12-16-27-21-28(25-13-8-7-9-14-25)32(30(26)27)29-17-10-11-19-31-29/h7-17,19,22-24,28H,21H2,1-6H3. The van der Waals surface area contributed by atoms with Crippen molar-refractivity contribution in [1.29, 1.82) is 0 Å². The number of hydrogen-bond acceptors (Lipinski definition) is 2. The number of benzene rings is 2. The second kappa shape index (κ2) is 9.57. The molecule has 0 fully saturated rings. The molecule has 0 bridgehead atoms. The van der Waals surface area contributed by atoms with Crippen LogP contribution >= 0.6 is 0 Å². The number of anilines is 2. The first-order chi connectivity index (χ1) is 15.9. The molecule has 1 atom stereocenters. The van der Waals surface area contributed by atoms with Gasteiger partial charge in [-0.25, -0.2) is 4.98 Å². The van der Waals surface area contributed by atoms with E-state index in [4.69, 9.17) is 4.98 Å². The van der Waals surface area contributed by atoms with E-state index in [1.807, 2.05) is 12.3 Å². The Balaban J connectivity index is 1.88. The van der Waals surface area contributed by atoms with Crippen LogP contribution in [0.4, 0.5) is 11.5 Å². The number of pyridine rings is 1. The van der Waals surface area contributed by atoms with Gasteiger partial charge in [0.25, 0.3) is 0 Å². The van der Waals surface area contributed by atoms with Crippen LogP contribution in [0.15, 0.2) is 72.9 Å². The van der Waals surface area contributed by atoms with Crippen molar-refractivity contribution in [3.63, 3.8) is 0 Å². The Kier molecular flexibility index (Phi) is 6.77. The van der Waals surface area contributed by atoms with Crippen LogP contribution in [-0.4, -0.2) is 13.1 Å². The fraction of sp³-hybridized carbons (Fsp3) is 0.367. The zero-order chi connectivity index (χ0) is 23.6. The van der Waals surface area contributed by atoms with E-state index < -0.39 is 8.07 Å². The zero-order valence-electron chi connectivity index (χ0n) is 20.8. The minimum atomic E-state index is -1.82. The van der Waals surface area contributed by atoms with Gasteiger partial charge in [0.05, 0.1) is 11.7 Å². The minimum Gasteiger partial charge on any atom is -0.317 e. The van der Waals surface area contributed by atoms with Crippen molar-refractivity contribution < 1.29 is 0 Å². The van der Waals surface area contributed by atoms with E-state index in [9.17, 15) is 0 Å². The van der Waals surface area contributed by atoms with Crippen LogP contribution in [0.5, 0.6) is 0 Å². The fourth-order valence-electron chi connectivity index (χ4n) is 5.92. The van der Waals surface area contributed by atoms with Gasteiger partial charge in [-0.05, 0) is 52.4 Å². The monoisotopic (exact) mass is 452 g/mol. The molecule has 0 saturated carbocycles. The molecular weight excluding hydrogens is 416 g/mol. The molecule has 170 valence electrons. The lowest BCUT2D eigenvalue weighted by Gasteiger charge is -2.38. The highest BCUT2D eigenvalue weighted by molar-refractivity contribution is 6.90. The highest BCUT2D eigenvalue weighted by atomic mass is 28.3. The van der Waals surface area contributed by atoms with E-state index in [0.29, 0.717) is 16.6 Å². The normalized spacial score (nSPS) is 15.7. The summed E-state index contributed by atoms with van der Waals surface area (Å²) in [7, 11) is -1.82. The third-order valence-corrected chi connectivity index (χ3v) is 13.7. The summed E-state index contributed by atoms with van der Waals surface area (Å²) in [6.07, 6.45) is 2.85. The van der Waals surface area contributed by atoms with Gasteiger partial charge in [-0.2, -0.15) is 0 Å². The summed E-state index contributed by atoms with van der Waals surface area (Å²) in [6, 6.07) is 23.8. The minimum absolute atomic E-state index is 0.223. The molecule has 3 heteroatoms. The number of hydrogen-bond donors (Lipinski definition) is 0. The molecule has 2 aromatic carbocycles. The van der Waals surface area contributed by atoms with E-state index >= 15 is 0 Å². The summed E-state index contributed by atoms with van der Waals surface area (Å²) in [5.74, 6) is 4.73. The molecule has 0 amide bonds. The van der Waals surface area contributed by atoms with Crippen LogP contribution in [0.25, 0.3) is 0 Å². The van der Waals surface area contributed by atoms with Gasteiger partial charge in [-0.15, -0.1) is 5.54 Å². The van der Waals surface area contributed by atoms with Gasteiger partial charge < -0.3 is 4.90 Å². The first-order valence-corrected chi connectivity index (χ1v) is 14.5. The Morgan fingerprint density at radius 1 is 0.818 bits per heavy atom. The highest BCUT2D eigenvalue weighted by Crippen LogP contribution is 2.47. The molecule has 2 nitrogen and oxygen atoms in total. The van der Waals surface area contributed by atoms with E-state index in [1.165, 1.54) is 16.8 Å². The summed E-state index contributed by atoms with van der Waals surface area (Å²) < 4.78 is 0. The van der Waals surface area contributed by atoms with Gasteiger partial charge in [0, 0.05) is 11.8 Å². The molecule has 33 heavy (non-hydrogen) atoms. The third-order valence-electron chi connectivity index (χ3n) is 7.45. The Hall–Kier alpha value is -2.83. The first-order valence-electron chi connectivity index (χ1n) is 12.3. The molecule has 0 saturated heterocycles. The predicted molar refractivity (Wildman–Crippen MR) is 144 cm³/mol. The van der Waals surface area contributed by atoms with Crippen molar-refractivity contribution >= 4 is 19.6 Å². The van der Waals surface area contributed by atoms with Crippen molar-refractivity contribution in [3.8, 4) is 11.5 Å². The largest absolute Gasteiger partial charge is 0.317 e. The molecule has 3 aromatic rings. The molecule has 0 aliphatic carbocycles. The summed E-state index contributed by atoms with van der Waals surface area (Å²) in [4.78, 5) is 7.17. The Morgan fingerprint density at radius 2 is 1.48 bits per heavy atom. The highest BCUT2D eigenvalue weighted by Gasteiger charge is 2.42. The summed E-state index contributed by atoms with van der Waals surface area (Å²) in [5.41, 5.74) is 10.8. The number of para-hydroxylation sites is 1. The van der Waals surface area contributed by atoms with Crippen molar-refractivity contribution in [3.05, 3.63) is 89.6 Å². The molecule has 2 heterocycles. The van der Waals surface area contributed by atoms with Gasteiger partial charge in [0.2, 0.25) is 0 Å². The van der Waals surface area contributed by atoms with Crippen LogP contribution < -0.4 is 4.90 Å². The quantitative estimate of drug-likeness (QED) is 0.287. The molecule has 1 unspecified atom stereocenters. The van der Waals surface area contributed by atoms with Gasteiger partial charge in [-0.3, -0.25) is 0 Å². The average molecular weight is 453 g/mol. The molecule has 0 spiro atoms. The number of fused-ring (bicyclic) bond motifs is 1. The molecule has 1 aliphatic rings. The summed E-state index contributed by atoms with van der Waals surface area (Å²) >= 11 is 0. The molecular formula is C30H36N2Si. The van der Waals surface area contributed by atoms with Crippen LogP contribution in [0, 0.1) is 11.5 Å². The lowest BCUT2D eigenvalue weighted by atomic mass is 10.0. The molecule has 1 aliphatic heterocycles. The SMILES string of the molecule is CC(C)[Si](C#Cc1cccc2c1N(c1ccccn1)C(c1ccccc1)C2)(C(C)C)C(C)C. The van der Waals surface area contributed by atoms with Gasteiger partial charge in [0.15, 0.2) is 0 Å². The van der Waals surface area contributed by atoms with E-state index in [-0.39, 0.29) is 6.04 Å². The lowest BCUT2D eigenvalue weighted by molar-refractivity contribution is 0.735. The van der Waals surface area contributed by atoms with Crippen molar-refractivity contribution in [2.45, 2.75) is 70.6 Å². The topological polar surface area (TPSA) is 16.1 Å². The molecule has 4 rings (SSSR count). The second-order valence-electron chi connectivity index (χ2n) is 10.1. The smallest absolute Gasteiger partial charge is 0.146 e. The predicted octanol–water partition coefficient (Wildman–Crippen LogP) is 8.09. The van der Waals surface area contributed by atoms with Crippen molar-refractivity contribution in [2.24, 2.45) is 0 Å². The van der Waals surface area contributed by atoms with Crippen LogP contribution in [0.3, 0.4) is 0 Å². The van der Waals surface area contributed by atoms with Crippen molar-refractivity contribution in [1.82, 2.24) is 4.98 Å². The summed E-state index contributed by atoms with van der Waals surface area (Å²) in [5, 5.41) is 0. The first kappa shape index (κ1) is 23.3. The van der Waals surface area contributed by atoms with Gasteiger partial charge in [-0.1, -0.05) is 96.0 Å².